The van der Waals surface area contributed by atoms with E-state index in [-0.39, 0.29) is 23.0 Å². The normalized spacial score (nSPS) is 10.4. The van der Waals surface area contributed by atoms with Gasteiger partial charge >= 0.3 is 0 Å². The van der Waals surface area contributed by atoms with Gasteiger partial charge in [-0.05, 0) is 44.0 Å². The Morgan fingerprint density at radius 3 is 2.68 bits per heavy atom. The molecule has 25 heavy (non-hydrogen) atoms. The molecular formula is C18H19ClN2O4. The average Bonchev–Trinajstić information content (AvgIpc) is 2.54. The number of anilines is 1. The number of amides is 1. The van der Waals surface area contributed by atoms with Crippen molar-refractivity contribution < 1.29 is 14.5 Å². The summed E-state index contributed by atoms with van der Waals surface area (Å²) in [5.74, 6) is 0.570. The van der Waals surface area contributed by atoms with Gasteiger partial charge < -0.3 is 10.1 Å². The summed E-state index contributed by atoms with van der Waals surface area (Å²) < 4.78 is 5.67. The first-order valence-corrected chi connectivity index (χ1v) is 8.18. The van der Waals surface area contributed by atoms with Crippen LogP contribution >= 0.6 is 11.6 Å². The zero-order valence-electron chi connectivity index (χ0n) is 14.0. The molecule has 0 fully saturated rings. The first-order chi connectivity index (χ1) is 11.9. The van der Waals surface area contributed by atoms with Gasteiger partial charge in [0.1, 0.15) is 10.8 Å². The number of ether oxygens (including phenoxy) is 1. The van der Waals surface area contributed by atoms with Gasteiger partial charge in [0.25, 0.3) is 5.69 Å². The van der Waals surface area contributed by atoms with Crippen LogP contribution in [0.15, 0.2) is 36.4 Å². The van der Waals surface area contributed by atoms with Crippen LogP contribution in [0.5, 0.6) is 5.75 Å². The molecule has 0 heterocycles. The summed E-state index contributed by atoms with van der Waals surface area (Å²) in [6.45, 7) is 4.41. The van der Waals surface area contributed by atoms with Crippen LogP contribution < -0.4 is 10.1 Å². The first-order valence-electron chi connectivity index (χ1n) is 7.80. The number of halogens is 1. The summed E-state index contributed by atoms with van der Waals surface area (Å²) >= 11 is 5.74. The standard InChI is InChI=1S/C18H19ClN2O4/c1-12-5-8-17(13(2)10-12)25-9-3-4-18(22)20-14-6-7-15(19)16(11-14)21(23)24/h5-8,10-11H,3-4,9H2,1-2H3,(H,20,22). The molecule has 0 bridgehead atoms. The third-order valence-electron chi connectivity index (χ3n) is 3.56. The van der Waals surface area contributed by atoms with E-state index in [0.717, 1.165) is 11.3 Å². The van der Waals surface area contributed by atoms with E-state index in [1.807, 2.05) is 32.0 Å². The number of carbonyl (C=O) groups is 1. The van der Waals surface area contributed by atoms with Crippen LogP contribution in [0.2, 0.25) is 5.02 Å². The zero-order chi connectivity index (χ0) is 18.4. The van der Waals surface area contributed by atoms with Gasteiger partial charge in [-0.3, -0.25) is 14.9 Å². The highest BCUT2D eigenvalue weighted by Gasteiger charge is 2.13. The van der Waals surface area contributed by atoms with Crippen molar-refractivity contribution in [3.05, 3.63) is 62.7 Å². The number of carbonyl (C=O) groups excluding carboxylic acids is 1. The fraction of sp³-hybridized carbons (Fsp3) is 0.278. The molecule has 0 aliphatic carbocycles. The molecule has 0 saturated carbocycles. The fourth-order valence-electron chi connectivity index (χ4n) is 2.33. The molecule has 0 atom stereocenters. The van der Waals surface area contributed by atoms with Crippen molar-refractivity contribution in [2.45, 2.75) is 26.7 Å². The lowest BCUT2D eigenvalue weighted by atomic mass is 10.1. The van der Waals surface area contributed by atoms with Crippen LogP contribution in [0.4, 0.5) is 11.4 Å². The number of benzene rings is 2. The minimum Gasteiger partial charge on any atom is -0.493 e. The number of aryl methyl sites for hydroxylation is 2. The number of nitrogens with one attached hydrogen (secondary N) is 1. The van der Waals surface area contributed by atoms with Crippen molar-refractivity contribution in [2.75, 3.05) is 11.9 Å². The van der Waals surface area contributed by atoms with Crippen molar-refractivity contribution in [1.82, 2.24) is 0 Å². The lowest BCUT2D eigenvalue weighted by molar-refractivity contribution is -0.384. The van der Waals surface area contributed by atoms with Crippen LogP contribution in [0, 0.1) is 24.0 Å². The molecule has 1 amide bonds. The van der Waals surface area contributed by atoms with Gasteiger partial charge in [-0.2, -0.15) is 0 Å². The van der Waals surface area contributed by atoms with Crippen LogP contribution in [-0.4, -0.2) is 17.4 Å². The molecule has 0 aromatic heterocycles. The number of nitro groups is 1. The van der Waals surface area contributed by atoms with Gasteiger partial charge in [0.2, 0.25) is 5.91 Å². The molecule has 2 aromatic rings. The van der Waals surface area contributed by atoms with Gasteiger partial charge in [0.15, 0.2) is 0 Å². The second kappa shape index (κ2) is 8.48. The molecule has 6 nitrogen and oxygen atoms in total. The summed E-state index contributed by atoms with van der Waals surface area (Å²) in [6.07, 6.45) is 0.788. The summed E-state index contributed by atoms with van der Waals surface area (Å²) in [7, 11) is 0. The summed E-state index contributed by atoms with van der Waals surface area (Å²) in [5.41, 5.74) is 2.33. The summed E-state index contributed by atoms with van der Waals surface area (Å²) in [5, 5.41) is 13.5. The van der Waals surface area contributed by atoms with Crippen LogP contribution in [-0.2, 0) is 4.79 Å². The molecular weight excluding hydrogens is 344 g/mol. The van der Waals surface area contributed by atoms with Crippen LogP contribution in [0.1, 0.15) is 24.0 Å². The minimum absolute atomic E-state index is 0.0323. The molecule has 0 spiro atoms. The fourth-order valence-corrected chi connectivity index (χ4v) is 2.52. The largest absolute Gasteiger partial charge is 0.493 e. The van der Waals surface area contributed by atoms with Crippen LogP contribution in [0.3, 0.4) is 0 Å². The Labute approximate surface area is 150 Å². The zero-order valence-corrected chi connectivity index (χ0v) is 14.8. The maximum absolute atomic E-state index is 11.9. The summed E-state index contributed by atoms with van der Waals surface area (Å²) in [6, 6.07) is 10.1. The number of rotatable bonds is 7. The monoisotopic (exact) mass is 362 g/mol. The van der Waals surface area contributed by atoms with Gasteiger partial charge in [-0.1, -0.05) is 29.3 Å². The maximum Gasteiger partial charge on any atom is 0.289 e. The minimum atomic E-state index is -0.588. The molecule has 0 saturated heterocycles. The quantitative estimate of drug-likeness (QED) is 0.441. The van der Waals surface area contributed by atoms with E-state index in [1.165, 1.54) is 23.8 Å². The highest BCUT2D eigenvalue weighted by Crippen LogP contribution is 2.27. The van der Waals surface area contributed by atoms with E-state index in [2.05, 4.69) is 5.32 Å². The molecule has 0 aliphatic heterocycles. The molecule has 2 rings (SSSR count). The highest BCUT2D eigenvalue weighted by molar-refractivity contribution is 6.32. The lowest BCUT2D eigenvalue weighted by Gasteiger charge is -2.10. The highest BCUT2D eigenvalue weighted by atomic mass is 35.5. The maximum atomic E-state index is 11.9. The molecule has 1 N–H and O–H groups in total. The van der Waals surface area contributed by atoms with Crippen LogP contribution in [0.25, 0.3) is 0 Å². The van der Waals surface area contributed by atoms with E-state index in [9.17, 15) is 14.9 Å². The van der Waals surface area contributed by atoms with Crippen molar-refractivity contribution in [3.8, 4) is 5.75 Å². The third kappa shape index (κ3) is 5.46. The summed E-state index contributed by atoms with van der Waals surface area (Å²) in [4.78, 5) is 22.2. The van der Waals surface area contributed by atoms with E-state index in [1.54, 1.807) is 0 Å². The van der Waals surface area contributed by atoms with Gasteiger partial charge in [-0.15, -0.1) is 0 Å². The lowest BCUT2D eigenvalue weighted by Crippen LogP contribution is -2.13. The number of hydrogen-bond acceptors (Lipinski definition) is 4. The van der Waals surface area contributed by atoms with Gasteiger partial charge in [-0.25, -0.2) is 0 Å². The van der Waals surface area contributed by atoms with E-state index >= 15 is 0 Å². The van der Waals surface area contributed by atoms with E-state index in [4.69, 9.17) is 16.3 Å². The Morgan fingerprint density at radius 2 is 2.00 bits per heavy atom. The number of hydrogen-bond donors (Lipinski definition) is 1. The van der Waals surface area contributed by atoms with Gasteiger partial charge in [0, 0.05) is 18.2 Å². The van der Waals surface area contributed by atoms with Crippen molar-refractivity contribution in [2.24, 2.45) is 0 Å². The predicted molar refractivity (Wildman–Crippen MR) is 97.4 cm³/mol. The number of nitrogens with zero attached hydrogens (tertiary/aromatic N) is 1. The predicted octanol–water partition coefficient (Wildman–Crippen LogP) is 4.66. The second-order valence-corrected chi connectivity index (χ2v) is 6.10. The van der Waals surface area contributed by atoms with Crippen molar-refractivity contribution >= 4 is 28.9 Å². The molecule has 7 heteroatoms. The Kier molecular flexibility index (Phi) is 6.36. The topological polar surface area (TPSA) is 81.5 Å². The Hall–Kier alpha value is -2.60. The Bertz CT molecular complexity index is 793. The van der Waals surface area contributed by atoms with Gasteiger partial charge in [0.05, 0.1) is 11.5 Å². The molecule has 0 radical (unpaired) electrons. The Morgan fingerprint density at radius 1 is 1.24 bits per heavy atom. The average molecular weight is 363 g/mol. The first kappa shape index (κ1) is 18.7. The SMILES string of the molecule is Cc1ccc(OCCCC(=O)Nc2ccc(Cl)c([N+](=O)[O-])c2)c(C)c1. The molecule has 2 aromatic carbocycles. The van der Waals surface area contributed by atoms with Crippen molar-refractivity contribution in [1.29, 1.82) is 0 Å². The van der Waals surface area contributed by atoms with Crippen molar-refractivity contribution in [3.63, 3.8) is 0 Å². The molecule has 0 aliphatic rings. The number of nitro benzene ring substituents is 1. The van der Waals surface area contributed by atoms with E-state index in [0.29, 0.717) is 18.7 Å². The molecule has 0 unspecified atom stereocenters. The van der Waals surface area contributed by atoms with E-state index < -0.39 is 4.92 Å². The smallest absolute Gasteiger partial charge is 0.289 e. The Balaban J connectivity index is 1.81. The third-order valence-corrected chi connectivity index (χ3v) is 3.88. The molecule has 132 valence electrons. The second-order valence-electron chi connectivity index (χ2n) is 5.69.